The Morgan fingerprint density at radius 2 is 2.27 bits per heavy atom. The molecule has 140 valence electrons. The summed E-state index contributed by atoms with van der Waals surface area (Å²) in [6.45, 7) is 2.54. The van der Waals surface area contributed by atoms with Crippen LogP contribution >= 0.6 is 11.8 Å². The minimum absolute atomic E-state index is 0.0605. The Morgan fingerprint density at radius 3 is 3.00 bits per heavy atom. The highest BCUT2D eigenvalue weighted by Crippen LogP contribution is 2.31. The molecule has 1 amide bonds. The zero-order valence-corrected chi connectivity index (χ0v) is 16.0. The zero-order chi connectivity index (χ0) is 18.3. The maximum Gasteiger partial charge on any atom is 0.258 e. The first-order valence-electron chi connectivity index (χ1n) is 8.62. The topological polar surface area (TPSA) is 105 Å². The maximum atomic E-state index is 13.1. The van der Waals surface area contributed by atoms with Gasteiger partial charge in [-0.15, -0.1) is 11.8 Å². The number of carbonyl (C=O) groups is 1. The molecule has 2 aliphatic rings. The first kappa shape index (κ1) is 17.7. The Bertz CT molecular complexity index is 939. The predicted molar refractivity (Wildman–Crippen MR) is 97.1 cm³/mol. The normalized spacial score (nSPS) is 21.3. The van der Waals surface area contributed by atoms with Crippen LogP contribution in [0.5, 0.6) is 0 Å². The van der Waals surface area contributed by atoms with Gasteiger partial charge in [0.05, 0.1) is 23.2 Å². The van der Waals surface area contributed by atoms with Crippen molar-refractivity contribution in [3.05, 3.63) is 18.0 Å². The Morgan fingerprint density at radius 1 is 1.46 bits per heavy atom. The lowest BCUT2D eigenvalue weighted by Crippen LogP contribution is -2.47. The predicted octanol–water partition coefficient (Wildman–Crippen LogP) is 1.37. The quantitative estimate of drug-likeness (QED) is 0.786. The van der Waals surface area contributed by atoms with E-state index in [4.69, 9.17) is 4.52 Å². The standard InChI is InChI=1S/C16H20N4O4S2/c1-2-13-12-5-11(7-18-16(12)24-19-13)26(22,23)20-9-25-8-14(20)15(21)17-6-10-3-4-10/h5,7,10,14H,2-4,6,8-9H2,1H3,(H,17,21)/t14-/m0/s1. The van der Waals surface area contributed by atoms with E-state index in [1.54, 1.807) is 0 Å². The van der Waals surface area contributed by atoms with E-state index in [0.717, 1.165) is 12.8 Å². The molecule has 1 saturated carbocycles. The molecule has 0 aromatic carbocycles. The largest absolute Gasteiger partial charge is 0.354 e. The van der Waals surface area contributed by atoms with Gasteiger partial charge in [-0.1, -0.05) is 12.1 Å². The van der Waals surface area contributed by atoms with Gasteiger partial charge in [-0.25, -0.2) is 13.4 Å². The van der Waals surface area contributed by atoms with Crippen molar-refractivity contribution in [3.63, 3.8) is 0 Å². The van der Waals surface area contributed by atoms with Gasteiger partial charge in [0.15, 0.2) is 0 Å². The molecule has 1 aliphatic heterocycles. The highest BCUT2D eigenvalue weighted by atomic mass is 32.2. The number of amides is 1. The lowest BCUT2D eigenvalue weighted by atomic mass is 10.2. The van der Waals surface area contributed by atoms with Crippen LogP contribution in [0.2, 0.25) is 0 Å². The van der Waals surface area contributed by atoms with Crippen molar-refractivity contribution in [2.24, 2.45) is 5.92 Å². The third-order valence-corrected chi connectivity index (χ3v) is 7.72. The molecule has 2 aromatic heterocycles. The fourth-order valence-electron chi connectivity index (χ4n) is 2.95. The molecule has 10 heteroatoms. The summed E-state index contributed by atoms with van der Waals surface area (Å²) >= 11 is 1.44. The molecule has 3 heterocycles. The molecule has 0 spiro atoms. The summed E-state index contributed by atoms with van der Waals surface area (Å²) < 4.78 is 32.6. The molecule has 0 unspecified atom stereocenters. The molecular formula is C16H20N4O4S2. The number of hydrogen-bond acceptors (Lipinski definition) is 7. The molecule has 1 saturated heterocycles. The van der Waals surface area contributed by atoms with E-state index < -0.39 is 16.1 Å². The van der Waals surface area contributed by atoms with Gasteiger partial charge in [-0.2, -0.15) is 4.31 Å². The van der Waals surface area contributed by atoms with E-state index in [1.165, 1.54) is 28.3 Å². The van der Waals surface area contributed by atoms with Crippen molar-refractivity contribution in [2.45, 2.75) is 37.1 Å². The van der Waals surface area contributed by atoms with Gasteiger partial charge in [0, 0.05) is 12.3 Å². The lowest BCUT2D eigenvalue weighted by molar-refractivity contribution is -0.123. The van der Waals surface area contributed by atoms with E-state index in [9.17, 15) is 13.2 Å². The van der Waals surface area contributed by atoms with Crippen molar-refractivity contribution >= 4 is 38.8 Å². The van der Waals surface area contributed by atoms with Crippen LogP contribution in [0.3, 0.4) is 0 Å². The van der Waals surface area contributed by atoms with Gasteiger partial charge in [-0.3, -0.25) is 4.79 Å². The first-order chi connectivity index (χ1) is 12.5. The van der Waals surface area contributed by atoms with E-state index in [1.807, 2.05) is 6.92 Å². The molecule has 0 radical (unpaired) electrons. The number of thioether (sulfide) groups is 1. The monoisotopic (exact) mass is 396 g/mol. The van der Waals surface area contributed by atoms with Gasteiger partial charge in [0.1, 0.15) is 10.9 Å². The number of aryl methyl sites for hydroxylation is 1. The van der Waals surface area contributed by atoms with Crippen molar-refractivity contribution in [1.82, 2.24) is 19.8 Å². The Hall–Kier alpha value is -1.65. The minimum atomic E-state index is -3.83. The number of hydrogen-bond donors (Lipinski definition) is 1. The zero-order valence-electron chi connectivity index (χ0n) is 14.3. The smallest absolute Gasteiger partial charge is 0.258 e. The number of nitrogens with one attached hydrogen (secondary N) is 1. The van der Waals surface area contributed by atoms with Crippen molar-refractivity contribution in [2.75, 3.05) is 18.2 Å². The van der Waals surface area contributed by atoms with Crippen molar-refractivity contribution < 1.29 is 17.7 Å². The number of sulfonamides is 1. The van der Waals surface area contributed by atoms with Crippen LogP contribution in [-0.4, -0.2) is 53.0 Å². The molecule has 26 heavy (non-hydrogen) atoms. The number of carbonyl (C=O) groups excluding carboxylic acids is 1. The molecule has 2 aromatic rings. The highest BCUT2D eigenvalue weighted by Gasteiger charge is 2.40. The summed E-state index contributed by atoms with van der Waals surface area (Å²) in [6.07, 6.45) is 4.15. The molecule has 8 nitrogen and oxygen atoms in total. The molecule has 1 aliphatic carbocycles. The fraction of sp³-hybridized carbons (Fsp3) is 0.562. The third-order valence-electron chi connectivity index (χ3n) is 4.73. The van der Waals surface area contributed by atoms with Crippen LogP contribution in [0.15, 0.2) is 21.7 Å². The van der Waals surface area contributed by atoms with Gasteiger partial charge in [0.25, 0.3) is 5.71 Å². The molecular weight excluding hydrogens is 376 g/mol. The summed E-state index contributed by atoms with van der Waals surface area (Å²) in [7, 11) is -3.83. The van der Waals surface area contributed by atoms with Gasteiger partial charge in [0.2, 0.25) is 15.9 Å². The van der Waals surface area contributed by atoms with Crippen LogP contribution in [-0.2, 0) is 21.2 Å². The van der Waals surface area contributed by atoms with Gasteiger partial charge >= 0.3 is 0 Å². The Balaban J connectivity index is 1.61. The van der Waals surface area contributed by atoms with E-state index >= 15 is 0 Å². The van der Waals surface area contributed by atoms with Crippen LogP contribution < -0.4 is 5.32 Å². The van der Waals surface area contributed by atoms with Crippen LogP contribution in [0.25, 0.3) is 11.1 Å². The molecule has 4 rings (SSSR count). The number of fused-ring (bicyclic) bond motifs is 1. The second kappa shape index (κ2) is 6.82. The highest BCUT2D eigenvalue weighted by molar-refractivity contribution is 8.00. The third kappa shape index (κ3) is 3.21. The lowest BCUT2D eigenvalue weighted by Gasteiger charge is -2.22. The average molecular weight is 396 g/mol. The first-order valence-corrected chi connectivity index (χ1v) is 11.2. The van der Waals surface area contributed by atoms with Crippen LogP contribution in [0, 0.1) is 5.92 Å². The van der Waals surface area contributed by atoms with Gasteiger partial charge in [-0.05, 0) is 31.2 Å². The van der Waals surface area contributed by atoms with Crippen LogP contribution in [0.4, 0.5) is 0 Å². The molecule has 1 atom stereocenters. The molecule has 2 fully saturated rings. The van der Waals surface area contributed by atoms with Crippen molar-refractivity contribution in [1.29, 1.82) is 0 Å². The number of rotatable bonds is 6. The summed E-state index contributed by atoms with van der Waals surface area (Å²) in [5.74, 6) is 1.04. The average Bonchev–Trinajstić information content (AvgIpc) is 3.17. The molecule has 0 bridgehead atoms. The molecule has 1 N–H and O–H groups in total. The van der Waals surface area contributed by atoms with E-state index in [-0.39, 0.29) is 16.7 Å². The van der Waals surface area contributed by atoms with E-state index in [0.29, 0.717) is 41.4 Å². The van der Waals surface area contributed by atoms with Crippen molar-refractivity contribution in [3.8, 4) is 0 Å². The SMILES string of the molecule is CCc1noc2ncc(S(=O)(=O)N3CSC[C@H]3C(=O)NCC3CC3)cc12. The number of nitrogens with zero attached hydrogens (tertiary/aromatic N) is 3. The van der Waals surface area contributed by atoms with Crippen LogP contribution in [0.1, 0.15) is 25.5 Å². The second-order valence-electron chi connectivity index (χ2n) is 6.60. The Labute approximate surface area is 155 Å². The summed E-state index contributed by atoms with van der Waals surface area (Å²) in [5.41, 5.74) is 0.981. The number of pyridine rings is 1. The summed E-state index contributed by atoms with van der Waals surface area (Å²) in [6, 6.07) is 0.849. The summed E-state index contributed by atoms with van der Waals surface area (Å²) in [5, 5.41) is 7.39. The maximum absolute atomic E-state index is 13.1. The summed E-state index contributed by atoms with van der Waals surface area (Å²) in [4.78, 5) is 16.6. The number of aromatic nitrogens is 2. The Kier molecular flexibility index (Phi) is 4.66. The fourth-order valence-corrected chi connectivity index (χ4v) is 6.07. The van der Waals surface area contributed by atoms with Gasteiger partial charge < -0.3 is 9.84 Å². The second-order valence-corrected chi connectivity index (χ2v) is 9.49. The van der Waals surface area contributed by atoms with E-state index in [2.05, 4.69) is 15.5 Å². The minimum Gasteiger partial charge on any atom is -0.354 e.